The van der Waals surface area contributed by atoms with Crippen molar-refractivity contribution in [3.8, 4) is 0 Å². The van der Waals surface area contributed by atoms with Crippen LogP contribution in [0.25, 0.3) is 11.0 Å². The lowest BCUT2D eigenvalue weighted by Gasteiger charge is -2.09. The molecule has 3 rings (SSSR count). The van der Waals surface area contributed by atoms with Crippen molar-refractivity contribution in [1.82, 2.24) is 15.3 Å². The van der Waals surface area contributed by atoms with Gasteiger partial charge in [0.2, 0.25) is 0 Å². The molecule has 84 valence electrons. The van der Waals surface area contributed by atoms with Gasteiger partial charge in [-0.15, -0.1) is 0 Å². The van der Waals surface area contributed by atoms with E-state index in [2.05, 4.69) is 42.3 Å². The van der Waals surface area contributed by atoms with Crippen LogP contribution in [0.4, 0.5) is 0 Å². The minimum atomic E-state index is 0.535. The summed E-state index contributed by atoms with van der Waals surface area (Å²) in [7, 11) is 0. The highest BCUT2D eigenvalue weighted by molar-refractivity contribution is 5.75. The second-order valence-corrected chi connectivity index (χ2v) is 4.88. The molecule has 0 spiro atoms. The largest absolute Gasteiger partial charge is 0.342 e. The van der Waals surface area contributed by atoms with Gasteiger partial charge in [0.15, 0.2) is 0 Å². The molecule has 1 aromatic heterocycles. The number of aromatic nitrogens is 2. The van der Waals surface area contributed by atoms with Gasteiger partial charge in [-0.1, -0.05) is 13.0 Å². The lowest BCUT2D eigenvalue weighted by atomic mass is 9.98. The fraction of sp³-hybridized carbons (Fsp3) is 0.462. The minimum Gasteiger partial charge on any atom is -0.342 e. The molecule has 2 aromatic rings. The molecule has 3 heteroatoms. The second kappa shape index (κ2) is 3.59. The highest BCUT2D eigenvalue weighted by atomic mass is 15.0. The van der Waals surface area contributed by atoms with Crippen molar-refractivity contribution in [2.75, 3.05) is 13.1 Å². The average molecular weight is 215 g/mol. The van der Waals surface area contributed by atoms with Gasteiger partial charge in [0.25, 0.3) is 0 Å². The monoisotopic (exact) mass is 215 g/mol. The lowest BCUT2D eigenvalue weighted by molar-refractivity contribution is 0.551. The maximum atomic E-state index is 4.69. The molecule has 1 aliphatic rings. The van der Waals surface area contributed by atoms with E-state index in [4.69, 9.17) is 4.98 Å². The minimum absolute atomic E-state index is 0.535. The smallest absolute Gasteiger partial charge is 0.111 e. The standard InChI is InChI=1S/C13H17N3/c1-8-3-4-11-12(5-8)16-13(15-11)10-7-14-6-9(10)2/h3-5,9-10,14H,6-7H2,1-2H3,(H,15,16). The van der Waals surface area contributed by atoms with Gasteiger partial charge < -0.3 is 10.3 Å². The Morgan fingerprint density at radius 1 is 1.31 bits per heavy atom. The molecule has 0 aliphatic carbocycles. The number of aromatic amines is 1. The number of benzene rings is 1. The van der Waals surface area contributed by atoms with Gasteiger partial charge in [0.05, 0.1) is 11.0 Å². The van der Waals surface area contributed by atoms with Gasteiger partial charge in [0, 0.05) is 12.5 Å². The van der Waals surface area contributed by atoms with E-state index in [0.717, 1.165) is 29.9 Å². The topological polar surface area (TPSA) is 40.7 Å². The molecule has 1 fully saturated rings. The highest BCUT2D eigenvalue weighted by Gasteiger charge is 2.27. The third-order valence-electron chi connectivity index (χ3n) is 3.52. The van der Waals surface area contributed by atoms with E-state index in [0.29, 0.717) is 11.8 Å². The van der Waals surface area contributed by atoms with Gasteiger partial charge in [-0.2, -0.15) is 0 Å². The predicted molar refractivity (Wildman–Crippen MR) is 65.6 cm³/mol. The predicted octanol–water partition coefficient (Wildman–Crippen LogP) is 2.19. The summed E-state index contributed by atoms with van der Waals surface area (Å²) in [4.78, 5) is 8.15. The first-order valence-corrected chi connectivity index (χ1v) is 5.91. The molecule has 2 atom stereocenters. The number of hydrogen-bond donors (Lipinski definition) is 2. The first-order valence-electron chi connectivity index (χ1n) is 5.91. The molecule has 1 saturated heterocycles. The third-order valence-corrected chi connectivity index (χ3v) is 3.52. The Morgan fingerprint density at radius 3 is 2.94 bits per heavy atom. The number of imidazole rings is 1. The van der Waals surface area contributed by atoms with Gasteiger partial charge in [-0.3, -0.25) is 0 Å². The Labute approximate surface area is 95.3 Å². The summed E-state index contributed by atoms with van der Waals surface area (Å²) < 4.78 is 0. The molecule has 1 aromatic carbocycles. The van der Waals surface area contributed by atoms with E-state index in [1.165, 1.54) is 5.56 Å². The molecular formula is C13H17N3. The molecule has 1 aliphatic heterocycles. The third kappa shape index (κ3) is 1.52. The maximum Gasteiger partial charge on any atom is 0.111 e. The summed E-state index contributed by atoms with van der Waals surface area (Å²) in [6.07, 6.45) is 0. The summed E-state index contributed by atoms with van der Waals surface area (Å²) in [5, 5.41) is 3.42. The molecule has 2 heterocycles. The maximum absolute atomic E-state index is 4.69. The van der Waals surface area contributed by atoms with E-state index >= 15 is 0 Å². The zero-order chi connectivity index (χ0) is 11.1. The first-order chi connectivity index (χ1) is 7.74. The Hall–Kier alpha value is -1.35. The van der Waals surface area contributed by atoms with Crippen molar-refractivity contribution in [3.63, 3.8) is 0 Å². The van der Waals surface area contributed by atoms with Crippen LogP contribution in [-0.2, 0) is 0 Å². The molecule has 2 unspecified atom stereocenters. The van der Waals surface area contributed by atoms with Crippen LogP contribution in [0.3, 0.4) is 0 Å². The van der Waals surface area contributed by atoms with Gasteiger partial charge >= 0.3 is 0 Å². The van der Waals surface area contributed by atoms with Crippen LogP contribution in [-0.4, -0.2) is 23.1 Å². The zero-order valence-corrected chi connectivity index (χ0v) is 9.75. The summed E-state index contributed by atoms with van der Waals surface area (Å²) in [5.74, 6) is 2.34. The summed E-state index contributed by atoms with van der Waals surface area (Å²) in [6, 6.07) is 6.37. The van der Waals surface area contributed by atoms with Crippen molar-refractivity contribution >= 4 is 11.0 Å². The van der Waals surface area contributed by atoms with Crippen molar-refractivity contribution in [2.45, 2.75) is 19.8 Å². The zero-order valence-electron chi connectivity index (χ0n) is 9.75. The van der Waals surface area contributed by atoms with Crippen molar-refractivity contribution in [1.29, 1.82) is 0 Å². The quantitative estimate of drug-likeness (QED) is 0.765. The van der Waals surface area contributed by atoms with E-state index in [1.54, 1.807) is 0 Å². The fourth-order valence-corrected chi connectivity index (χ4v) is 2.49. The molecule has 0 saturated carbocycles. The number of hydrogen-bond acceptors (Lipinski definition) is 2. The van der Waals surface area contributed by atoms with E-state index in [9.17, 15) is 0 Å². The van der Waals surface area contributed by atoms with Gasteiger partial charge in [0.1, 0.15) is 5.82 Å². The fourth-order valence-electron chi connectivity index (χ4n) is 2.49. The van der Waals surface area contributed by atoms with Crippen LogP contribution >= 0.6 is 0 Å². The van der Waals surface area contributed by atoms with Crippen LogP contribution in [0.2, 0.25) is 0 Å². The van der Waals surface area contributed by atoms with Crippen molar-refractivity contribution in [2.24, 2.45) is 5.92 Å². The Kier molecular flexibility index (Phi) is 2.21. The highest BCUT2D eigenvalue weighted by Crippen LogP contribution is 2.27. The van der Waals surface area contributed by atoms with Gasteiger partial charge in [-0.05, 0) is 37.1 Å². The van der Waals surface area contributed by atoms with Crippen LogP contribution in [0.15, 0.2) is 18.2 Å². The van der Waals surface area contributed by atoms with E-state index in [1.807, 2.05) is 0 Å². The Bertz CT molecular complexity index is 515. The summed E-state index contributed by atoms with van der Waals surface area (Å²) >= 11 is 0. The van der Waals surface area contributed by atoms with E-state index < -0.39 is 0 Å². The van der Waals surface area contributed by atoms with Crippen molar-refractivity contribution < 1.29 is 0 Å². The first kappa shape index (κ1) is 9.85. The number of fused-ring (bicyclic) bond motifs is 1. The molecule has 0 amide bonds. The van der Waals surface area contributed by atoms with Crippen LogP contribution in [0.1, 0.15) is 24.2 Å². The molecule has 2 N–H and O–H groups in total. The number of nitrogens with one attached hydrogen (secondary N) is 2. The lowest BCUT2D eigenvalue weighted by Crippen LogP contribution is -2.09. The van der Waals surface area contributed by atoms with E-state index in [-0.39, 0.29) is 0 Å². The molecule has 3 nitrogen and oxygen atoms in total. The Morgan fingerprint density at radius 2 is 2.19 bits per heavy atom. The van der Waals surface area contributed by atoms with Crippen LogP contribution < -0.4 is 5.32 Å². The molecule has 16 heavy (non-hydrogen) atoms. The van der Waals surface area contributed by atoms with Crippen LogP contribution in [0.5, 0.6) is 0 Å². The Balaban J connectivity index is 2.04. The van der Waals surface area contributed by atoms with Crippen LogP contribution in [0, 0.1) is 12.8 Å². The number of aryl methyl sites for hydroxylation is 1. The normalized spacial score (nSPS) is 25.4. The molecule has 0 bridgehead atoms. The SMILES string of the molecule is Cc1ccc2nc(C3CNCC3C)[nH]c2c1. The number of H-pyrrole nitrogens is 1. The number of nitrogens with zero attached hydrogens (tertiary/aromatic N) is 1. The molecular weight excluding hydrogens is 198 g/mol. The van der Waals surface area contributed by atoms with Gasteiger partial charge in [-0.25, -0.2) is 4.98 Å². The number of rotatable bonds is 1. The van der Waals surface area contributed by atoms with Crippen molar-refractivity contribution in [3.05, 3.63) is 29.6 Å². The average Bonchev–Trinajstić information content (AvgIpc) is 2.82. The molecule has 0 radical (unpaired) electrons. The summed E-state index contributed by atoms with van der Waals surface area (Å²) in [5.41, 5.74) is 3.52. The summed E-state index contributed by atoms with van der Waals surface area (Å²) in [6.45, 7) is 6.53. The second-order valence-electron chi connectivity index (χ2n) is 4.88.